The van der Waals surface area contributed by atoms with Crippen LogP contribution in [-0.2, 0) is 6.42 Å². The maximum atomic E-state index is 12.2. The minimum absolute atomic E-state index is 0.00389. The zero-order chi connectivity index (χ0) is 17.7. The molecule has 1 fully saturated rings. The Kier molecular flexibility index (Phi) is 9.46. The molecule has 0 aliphatic heterocycles. The first-order valence-electron chi connectivity index (χ1n) is 10.3. The highest BCUT2D eigenvalue weighted by molar-refractivity contribution is 5.74. The Bertz CT molecular complexity index is 471. The molecule has 0 radical (unpaired) electrons. The number of rotatable bonds is 4. The van der Waals surface area contributed by atoms with E-state index in [0.717, 1.165) is 19.3 Å². The molecule has 0 spiro atoms. The molecule has 2 amide bonds. The standard InChI is InChI=1S/C22H36N2O/c1-19-13-15-20(16-14-19)17-18-23-22(25)24-21-11-9-7-5-3-2-4-6-8-10-12-21/h13-16,21H,2-12,17-18H2,1H3,(H2,23,24,25). The van der Waals surface area contributed by atoms with Crippen LogP contribution in [0.1, 0.15) is 81.8 Å². The van der Waals surface area contributed by atoms with Crippen molar-refractivity contribution in [2.75, 3.05) is 6.54 Å². The molecule has 0 unspecified atom stereocenters. The van der Waals surface area contributed by atoms with E-state index in [9.17, 15) is 4.79 Å². The quantitative estimate of drug-likeness (QED) is 0.743. The molecule has 1 aliphatic carbocycles. The van der Waals surface area contributed by atoms with E-state index in [4.69, 9.17) is 0 Å². The van der Waals surface area contributed by atoms with E-state index in [-0.39, 0.29) is 6.03 Å². The topological polar surface area (TPSA) is 41.1 Å². The lowest BCUT2D eigenvalue weighted by atomic mass is 9.98. The first kappa shape index (κ1) is 19.8. The van der Waals surface area contributed by atoms with Gasteiger partial charge >= 0.3 is 6.03 Å². The third kappa shape index (κ3) is 8.94. The minimum atomic E-state index is 0.00389. The number of aryl methyl sites for hydroxylation is 1. The van der Waals surface area contributed by atoms with Crippen molar-refractivity contribution in [3.63, 3.8) is 0 Å². The molecule has 3 heteroatoms. The van der Waals surface area contributed by atoms with Crippen molar-refractivity contribution < 1.29 is 4.79 Å². The Hall–Kier alpha value is -1.51. The van der Waals surface area contributed by atoms with E-state index >= 15 is 0 Å². The van der Waals surface area contributed by atoms with Crippen molar-refractivity contribution in [2.45, 2.75) is 90.0 Å². The summed E-state index contributed by atoms with van der Waals surface area (Å²) in [5.74, 6) is 0. The summed E-state index contributed by atoms with van der Waals surface area (Å²) in [4.78, 5) is 12.2. The Balaban J connectivity index is 1.67. The molecule has 0 aromatic heterocycles. The molecule has 0 heterocycles. The van der Waals surface area contributed by atoms with Gasteiger partial charge in [0.2, 0.25) is 0 Å². The van der Waals surface area contributed by atoms with Gasteiger partial charge in [-0.1, -0.05) is 87.6 Å². The van der Waals surface area contributed by atoms with Crippen molar-refractivity contribution in [2.24, 2.45) is 0 Å². The van der Waals surface area contributed by atoms with Gasteiger partial charge in [0.05, 0.1) is 0 Å². The highest BCUT2D eigenvalue weighted by Crippen LogP contribution is 2.16. The molecule has 140 valence electrons. The van der Waals surface area contributed by atoms with Crippen molar-refractivity contribution in [3.05, 3.63) is 35.4 Å². The van der Waals surface area contributed by atoms with Crippen molar-refractivity contribution in [3.8, 4) is 0 Å². The Morgan fingerprint density at radius 2 is 1.40 bits per heavy atom. The van der Waals surface area contributed by atoms with Gasteiger partial charge in [-0.05, 0) is 31.7 Å². The summed E-state index contributed by atoms with van der Waals surface area (Å²) < 4.78 is 0. The fourth-order valence-electron chi connectivity index (χ4n) is 3.62. The lowest BCUT2D eigenvalue weighted by Gasteiger charge is -2.20. The fraction of sp³-hybridized carbons (Fsp3) is 0.682. The minimum Gasteiger partial charge on any atom is -0.338 e. The van der Waals surface area contributed by atoms with Crippen molar-refractivity contribution in [1.29, 1.82) is 0 Å². The van der Waals surface area contributed by atoms with Gasteiger partial charge in [-0.2, -0.15) is 0 Å². The second-order valence-electron chi connectivity index (χ2n) is 7.59. The summed E-state index contributed by atoms with van der Waals surface area (Å²) in [7, 11) is 0. The maximum absolute atomic E-state index is 12.2. The van der Waals surface area contributed by atoms with Gasteiger partial charge in [0.1, 0.15) is 0 Å². The van der Waals surface area contributed by atoms with Crippen LogP contribution in [0.2, 0.25) is 0 Å². The fourth-order valence-corrected chi connectivity index (χ4v) is 3.62. The maximum Gasteiger partial charge on any atom is 0.315 e. The van der Waals surface area contributed by atoms with Gasteiger partial charge in [-0.15, -0.1) is 0 Å². The second kappa shape index (κ2) is 11.9. The highest BCUT2D eigenvalue weighted by Gasteiger charge is 2.12. The van der Waals surface area contributed by atoms with Crippen LogP contribution in [0.4, 0.5) is 4.79 Å². The van der Waals surface area contributed by atoms with Crippen LogP contribution in [0.3, 0.4) is 0 Å². The Morgan fingerprint density at radius 3 is 1.96 bits per heavy atom. The molecular weight excluding hydrogens is 308 g/mol. The molecule has 0 saturated heterocycles. The number of hydrogen-bond acceptors (Lipinski definition) is 1. The van der Waals surface area contributed by atoms with E-state index in [0.29, 0.717) is 12.6 Å². The molecule has 1 aromatic rings. The van der Waals surface area contributed by atoms with E-state index in [1.54, 1.807) is 0 Å². The number of hydrogen-bond donors (Lipinski definition) is 2. The van der Waals surface area contributed by atoms with Crippen LogP contribution in [0, 0.1) is 6.92 Å². The number of carbonyl (C=O) groups excluding carboxylic acids is 1. The van der Waals surface area contributed by atoms with Crippen molar-refractivity contribution >= 4 is 6.03 Å². The molecule has 1 saturated carbocycles. The molecular formula is C22H36N2O. The molecule has 2 rings (SSSR count). The van der Waals surface area contributed by atoms with Crippen LogP contribution in [-0.4, -0.2) is 18.6 Å². The third-order valence-corrected chi connectivity index (χ3v) is 5.26. The lowest BCUT2D eigenvalue weighted by Crippen LogP contribution is -2.42. The van der Waals surface area contributed by atoms with E-state index in [2.05, 4.69) is 41.8 Å². The van der Waals surface area contributed by atoms with Gasteiger partial charge in [-0.3, -0.25) is 0 Å². The third-order valence-electron chi connectivity index (χ3n) is 5.26. The monoisotopic (exact) mass is 344 g/mol. The van der Waals surface area contributed by atoms with Crippen LogP contribution in [0.25, 0.3) is 0 Å². The van der Waals surface area contributed by atoms with E-state index in [1.807, 2.05) is 0 Å². The molecule has 1 aliphatic rings. The van der Waals surface area contributed by atoms with Gasteiger partial charge in [-0.25, -0.2) is 4.79 Å². The smallest absolute Gasteiger partial charge is 0.315 e. The van der Waals surface area contributed by atoms with Crippen LogP contribution in [0.5, 0.6) is 0 Å². The normalized spacial score (nSPS) is 18.0. The number of amides is 2. The lowest BCUT2D eigenvalue weighted by molar-refractivity contribution is 0.234. The first-order valence-corrected chi connectivity index (χ1v) is 10.3. The van der Waals surface area contributed by atoms with E-state index < -0.39 is 0 Å². The van der Waals surface area contributed by atoms with Crippen LogP contribution < -0.4 is 10.6 Å². The van der Waals surface area contributed by atoms with Gasteiger partial charge in [0.25, 0.3) is 0 Å². The molecule has 1 aromatic carbocycles. The number of carbonyl (C=O) groups is 1. The van der Waals surface area contributed by atoms with Gasteiger partial charge < -0.3 is 10.6 Å². The van der Waals surface area contributed by atoms with E-state index in [1.165, 1.54) is 68.9 Å². The summed E-state index contributed by atoms with van der Waals surface area (Å²) in [6.07, 6.45) is 15.2. The molecule has 0 atom stereocenters. The predicted molar refractivity (Wildman–Crippen MR) is 106 cm³/mol. The Labute approximate surface area is 154 Å². The van der Waals surface area contributed by atoms with Crippen molar-refractivity contribution in [1.82, 2.24) is 10.6 Å². The number of urea groups is 1. The first-order chi connectivity index (χ1) is 12.2. The summed E-state index contributed by atoms with van der Waals surface area (Å²) in [5, 5.41) is 6.25. The highest BCUT2D eigenvalue weighted by atomic mass is 16.2. The predicted octanol–water partition coefficient (Wildman–Crippen LogP) is 5.51. The molecule has 3 nitrogen and oxygen atoms in total. The molecule has 0 bridgehead atoms. The SMILES string of the molecule is Cc1ccc(CCNC(=O)NC2CCCCCCCCCCC2)cc1. The molecule has 25 heavy (non-hydrogen) atoms. The largest absolute Gasteiger partial charge is 0.338 e. The zero-order valence-electron chi connectivity index (χ0n) is 16.0. The van der Waals surface area contributed by atoms with Gasteiger partial charge in [0, 0.05) is 12.6 Å². The Morgan fingerprint density at radius 1 is 0.880 bits per heavy atom. The number of benzene rings is 1. The van der Waals surface area contributed by atoms with Crippen LogP contribution >= 0.6 is 0 Å². The summed E-state index contributed by atoms with van der Waals surface area (Å²) in [6.45, 7) is 2.79. The van der Waals surface area contributed by atoms with Gasteiger partial charge in [0.15, 0.2) is 0 Å². The average Bonchev–Trinajstić information content (AvgIpc) is 2.59. The summed E-state index contributed by atoms with van der Waals surface area (Å²) in [5.41, 5.74) is 2.55. The summed E-state index contributed by atoms with van der Waals surface area (Å²) >= 11 is 0. The second-order valence-corrected chi connectivity index (χ2v) is 7.59. The zero-order valence-corrected chi connectivity index (χ0v) is 16.0. The van der Waals surface area contributed by atoms with Crippen LogP contribution in [0.15, 0.2) is 24.3 Å². The average molecular weight is 345 g/mol. The number of nitrogens with one attached hydrogen (secondary N) is 2. The molecule has 2 N–H and O–H groups in total. The summed E-state index contributed by atoms with van der Waals surface area (Å²) in [6, 6.07) is 8.88.